The van der Waals surface area contributed by atoms with E-state index in [0.29, 0.717) is 6.54 Å². The lowest BCUT2D eigenvalue weighted by atomic mass is 9.90. The zero-order valence-corrected chi connectivity index (χ0v) is 17.2. The highest BCUT2D eigenvalue weighted by atomic mass is 32.1. The Labute approximate surface area is 174 Å². The van der Waals surface area contributed by atoms with Crippen LogP contribution < -0.4 is 5.32 Å². The van der Waals surface area contributed by atoms with E-state index in [2.05, 4.69) is 42.1 Å². The van der Waals surface area contributed by atoms with Gasteiger partial charge < -0.3 is 5.32 Å². The topological polar surface area (TPSA) is 71.0 Å². The molecule has 0 radical (unpaired) electrons. The van der Waals surface area contributed by atoms with Crippen molar-refractivity contribution in [1.29, 1.82) is 0 Å². The molecule has 1 aromatic carbocycles. The normalized spacial score (nSPS) is 20.8. The van der Waals surface area contributed by atoms with Crippen LogP contribution in [-0.2, 0) is 17.8 Å². The number of fused-ring (bicyclic) bond motifs is 1. The van der Waals surface area contributed by atoms with Crippen molar-refractivity contribution in [3.05, 3.63) is 53.9 Å². The third-order valence-electron chi connectivity index (χ3n) is 6.49. The summed E-state index contributed by atoms with van der Waals surface area (Å²) < 4.78 is 8.62. The minimum Gasteiger partial charge on any atom is -0.355 e. The Hall–Kier alpha value is -2.38. The third kappa shape index (κ3) is 4.02. The number of piperidine rings is 1. The molecule has 1 atom stereocenters. The van der Waals surface area contributed by atoms with Gasteiger partial charge in [-0.1, -0.05) is 12.1 Å². The second-order valence-electron chi connectivity index (χ2n) is 8.34. The van der Waals surface area contributed by atoms with Crippen LogP contribution in [-0.4, -0.2) is 44.2 Å². The maximum atomic E-state index is 12.6. The van der Waals surface area contributed by atoms with Gasteiger partial charge in [-0.15, -0.1) is 0 Å². The van der Waals surface area contributed by atoms with E-state index in [1.807, 2.05) is 18.2 Å². The number of aromatic nitrogens is 3. The molecular formula is C22H25N5OS. The van der Waals surface area contributed by atoms with Crippen LogP contribution in [0.2, 0.25) is 0 Å². The van der Waals surface area contributed by atoms with E-state index >= 15 is 0 Å². The maximum Gasteiger partial charge on any atom is 0.223 e. The first-order chi connectivity index (χ1) is 14.2. The Morgan fingerprint density at radius 3 is 2.86 bits per heavy atom. The molecule has 1 saturated heterocycles. The van der Waals surface area contributed by atoms with Crippen molar-refractivity contribution in [3.8, 4) is 0 Å². The highest BCUT2D eigenvalue weighted by Crippen LogP contribution is 2.59. The number of carbonyl (C=O) groups is 1. The van der Waals surface area contributed by atoms with Gasteiger partial charge in [-0.25, -0.2) is 0 Å². The van der Waals surface area contributed by atoms with E-state index in [0.717, 1.165) is 62.0 Å². The Balaban J connectivity index is 1.09. The van der Waals surface area contributed by atoms with Gasteiger partial charge in [0.2, 0.25) is 5.91 Å². The predicted molar refractivity (Wildman–Crippen MR) is 113 cm³/mol. The van der Waals surface area contributed by atoms with Crippen molar-refractivity contribution >= 4 is 28.7 Å². The summed E-state index contributed by atoms with van der Waals surface area (Å²) in [5.41, 5.74) is 4.53. The number of nitrogens with zero attached hydrogens (tertiary/aromatic N) is 4. The van der Waals surface area contributed by atoms with Crippen molar-refractivity contribution in [2.24, 2.45) is 11.3 Å². The molecule has 1 spiro atoms. The van der Waals surface area contributed by atoms with E-state index < -0.39 is 0 Å². The summed E-state index contributed by atoms with van der Waals surface area (Å²) in [6, 6.07) is 12.3. The van der Waals surface area contributed by atoms with Crippen molar-refractivity contribution < 1.29 is 4.79 Å². The van der Waals surface area contributed by atoms with Gasteiger partial charge in [0.25, 0.3) is 0 Å². The molecule has 2 fully saturated rings. The standard InChI is InChI=1S/C22H25N5OS/c28-21(24-10-6-17-3-1-2-9-23-17)18-14-22(18)7-11-27(12-8-22)15-16-4-5-19-20(13-16)26-29-25-19/h1-5,9,13,18H,6-8,10-12,14-15H2,(H,24,28)/t18-/m0/s1. The Bertz CT molecular complexity index is 997. The molecule has 3 heterocycles. The van der Waals surface area contributed by atoms with Crippen LogP contribution >= 0.6 is 11.7 Å². The van der Waals surface area contributed by atoms with Gasteiger partial charge in [0.1, 0.15) is 11.0 Å². The summed E-state index contributed by atoms with van der Waals surface area (Å²) in [6.07, 6.45) is 5.87. The summed E-state index contributed by atoms with van der Waals surface area (Å²) in [6.45, 7) is 3.74. The van der Waals surface area contributed by atoms with E-state index in [-0.39, 0.29) is 17.2 Å². The molecule has 29 heavy (non-hydrogen) atoms. The molecule has 2 aliphatic rings. The van der Waals surface area contributed by atoms with Gasteiger partial charge in [0, 0.05) is 37.3 Å². The molecule has 7 heteroatoms. The van der Waals surface area contributed by atoms with E-state index in [4.69, 9.17) is 0 Å². The molecule has 1 aliphatic carbocycles. The minimum atomic E-state index is 0.200. The van der Waals surface area contributed by atoms with Crippen molar-refractivity contribution in [2.75, 3.05) is 19.6 Å². The van der Waals surface area contributed by atoms with Gasteiger partial charge >= 0.3 is 0 Å². The Morgan fingerprint density at radius 2 is 2.03 bits per heavy atom. The fourth-order valence-electron chi connectivity index (χ4n) is 4.59. The van der Waals surface area contributed by atoms with Crippen LogP contribution in [0.5, 0.6) is 0 Å². The van der Waals surface area contributed by atoms with Crippen molar-refractivity contribution in [1.82, 2.24) is 23.9 Å². The average Bonchev–Trinajstić information content (AvgIpc) is 3.24. The number of rotatable bonds is 6. The lowest BCUT2D eigenvalue weighted by Crippen LogP contribution is -2.37. The number of carbonyl (C=O) groups excluding carboxylic acids is 1. The first-order valence-electron chi connectivity index (χ1n) is 10.3. The minimum absolute atomic E-state index is 0.200. The van der Waals surface area contributed by atoms with Crippen LogP contribution in [0.1, 0.15) is 30.5 Å². The van der Waals surface area contributed by atoms with Gasteiger partial charge in [0.05, 0.1) is 11.7 Å². The van der Waals surface area contributed by atoms with Gasteiger partial charge in [-0.3, -0.25) is 14.7 Å². The molecule has 1 aliphatic heterocycles. The molecule has 1 N–H and O–H groups in total. The molecule has 150 valence electrons. The summed E-state index contributed by atoms with van der Waals surface area (Å²) >= 11 is 1.27. The lowest BCUT2D eigenvalue weighted by molar-refractivity contribution is -0.123. The third-order valence-corrected chi connectivity index (χ3v) is 7.05. The first kappa shape index (κ1) is 18.6. The molecule has 2 aromatic heterocycles. The summed E-state index contributed by atoms with van der Waals surface area (Å²) in [7, 11) is 0. The van der Waals surface area contributed by atoms with E-state index in [1.54, 1.807) is 6.20 Å². The van der Waals surface area contributed by atoms with Crippen LogP contribution in [0, 0.1) is 11.3 Å². The number of hydrogen-bond acceptors (Lipinski definition) is 6. The first-order valence-corrected chi connectivity index (χ1v) is 11.1. The predicted octanol–water partition coefficient (Wildman–Crippen LogP) is 3.05. The Kier molecular flexibility index (Phi) is 5.01. The quantitative estimate of drug-likeness (QED) is 0.680. The fraction of sp³-hybridized carbons (Fsp3) is 0.455. The smallest absolute Gasteiger partial charge is 0.223 e. The fourth-order valence-corrected chi connectivity index (χ4v) is 5.11. The monoisotopic (exact) mass is 407 g/mol. The van der Waals surface area contributed by atoms with Gasteiger partial charge in [-0.2, -0.15) is 8.75 Å². The molecule has 1 amide bonds. The van der Waals surface area contributed by atoms with Gasteiger partial charge in [-0.05, 0) is 67.6 Å². The Morgan fingerprint density at radius 1 is 1.17 bits per heavy atom. The average molecular weight is 408 g/mol. The van der Waals surface area contributed by atoms with Crippen LogP contribution in [0.25, 0.3) is 11.0 Å². The van der Waals surface area contributed by atoms with Gasteiger partial charge in [0.15, 0.2) is 0 Å². The molecule has 3 aromatic rings. The molecule has 1 saturated carbocycles. The SMILES string of the molecule is O=C(NCCc1ccccn1)[C@@H]1CC12CCN(Cc1ccc3nsnc3c1)CC2. The summed E-state index contributed by atoms with van der Waals surface area (Å²) in [4.78, 5) is 19.4. The second kappa shape index (κ2) is 7.80. The van der Waals surface area contributed by atoms with Crippen molar-refractivity contribution in [3.63, 3.8) is 0 Å². The number of likely N-dealkylation sites (tertiary alicyclic amines) is 1. The number of pyridine rings is 1. The molecular weight excluding hydrogens is 382 g/mol. The highest BCUT2D eigenvalue weighted by Gasteiger charge is 2.58. The summed E-state index contributed by atoms with van der Waals surface area (Å²) in [5.74, 6) is 0.432. The maximum absolute atomic E-state index is 12.6. The number of nitrogens with one attached hydrogen (secondary N) is 1. The van der Waals surface area contributed by atoms with E-state index in [1.165, 1.54) is 17.3 Å². The van der Waals surface area contributed by atoms with Crippen LogP contribution in [0.15, 0.2) is 42.6 Å². The highest BCUT2D eigenvalue weighted by molar-refractivity contribution is 7.00. The molecule has 5 rings (SSSR count). The molecule has 6 nitrogen and oxygen atoms in total. The molecule has 0 bridgehead atoms. The van der Waals surface area contributed by atoms with E-state index in [9.17, 15) is 4.79 Å². The van der Waals surface area contributed by atoms with Crippen molar-refractivity contribution in [2.45, 2.75) is 32.2 Å². The second-order valence-corrected chi connectivity index (χ2v) is 8.87. The van der Waals surface area contributed by atoms with Crippen LogP contribution in [0.3, 0.4) is 0 Å². The largest absolute Gasteiger partial charge is 0.355 e. The molecule has 0 unspecified atom stereocenters. The summed E-state index contributed by atoms with van der Waals surface area (Å²) in [5, 5.41) is 3.13. The zero-order valence-electron chi connectivity index (χ0n) is 16.4. The number of benzene rings is 1. The number of amides is 1. The zero-order chi connectivity index (χ0) is 19.7. The lowest BCUT2D eigenvalue weighted by Gasteiger charge is -2.32. The number of hydrogen-bond donors (Lipinski definition) is 1. The van der Waals surface area contributed by atoms with Crippen LogP contribution in [0.4, 0.5) is 0 Å².